The Morgan fingerprint density at radius 2 is 1.91 bits per heavy atom. The zero-order chi connectivity index (χ0) is 22.4. The number of benzene rings is 1. The van der Waals surface area contributed by atoms with Crippen LogP contribution in [0.15, 0.2) is 41.7 Å². The molecule has 0 bridgehead atoms. The number of nitrogens with one attached hydrogen (secondary N) is 2. The van der Waals surface area contributed by atoms with E-state index in [0.717, 1.165) is 77.1 Å². The maximum atomic E-state index is 5.47. The van der Waals surface area contributed by atoms with Crippen molar-refractivity contribution in [2.24, 2.45) is 4.99 Å². The Balaban J connectivity index is 1.62. The number of ether oxygens (including phenoxy) is 1. The van der Waals surface area contributed by atoms with Gasteiger partial charge >= 0.3 is 0 Å². The van der Waals surface area contributed by atoms with Crippen molar-refractivity contribution in [1.29, 1.82) is 0 Å². The molecule has 2 aromatic rings. The molecule has 32 heavy (non-hydrogen) atoms. The smallest absolute Gasteiger partial charge is 0.191 e. The van der Waals surface area contributed by atoms with Crippen molar-refractivity contribution in [2.45, 2.75) is 52.1 Å². The van der Waals surface area contributed by atoms with E-state index in [-0.39, 0.29) is 0 Å². The second kappa shape index (κ2) is 13.9. The van der Waals surface area contributed by atoms with Gasteiger partial charge in [-0.05, 0) is 44.8 Å². The molecule has 1 aromatic carbocycles. The molecule has 0 radical (unpaired) electrons. The van der Waals surface area contributed by atoms with Crippen molar-refractivity contribution in [1.82, 2.24) is 30.3 Å². The third kappa shape index (κ3) is 7.60. The second-order valence-electron chi connectivity index (χ2n) is 8.06. The van der Waals surface area contributed by atoms with E-state index in [1.165, 1.54) is 18.4 Å². The first-order valence-corrected chi connectivity index (χ1v) is 12.1. The Kier molecular flexibility index (Phi) is 10.5. The van der Waals surface area contributed by atoms with Crippen LogP contribution in [0, 0.1) is 0 Å². The lowest BCUT2D eigenvalue weighted by Crippen LogP contribution is -2.40. The highest BCUT2D eigenvalue weighted by Crippen LogP contribution is 2.25. The Morgan fingerprint density at radius 3 is 2.66 bits per heavy atom. The molecule has 0 saturated carbocycles. The summed E-state index contributed by atoms with van der Waals surface area (Å²) < 4.78 is 7.56. The van der Waals surface area contributed by atoms with Gasteiger partial charge in [-0.15, -0.1) is 10.2 Å². The predicted molar refractivity (Wildman–Crippen MR) is 129 cm³/mol. The van der Waals surface area contributed by atoms with E-state index in [2.05, 4.69) is 67.6 Å². The molecule has 1 aromatic heterocycles. The number of aryl methyl sites for hydroxylation is 1. The lowest BCUT2D eigenvalue weighted by atomic mass is 10.1. The van der Waals surface area contributed by atoms with Crippen molar-refractivity contribution < 1.29 is 4.74 Å². The third-order valence-electron chi connectivity index (χ3n) is 5.81. The summed E-state index contributed by atoms with van der Waals surface area (Å²) in [5.41, 5.74) is 1.34. The van der Waals surface area contributed by atoms with Gasteiger partial charge in [0.2, 0.25) is 0 Å². The lowest BCUT2D eigenvalue weighted by molar-refractivity contribution is 0.145. The number of hydrogen-bond donors (Lipinski definition) is 2. The van der Waals surface area contributed by atoms with Gasteiger partial charge in [-0.1, -0.05) is 37.3 Å². The van der Waals surface area contributed by atoms with Crippen molar-refractivity contribution in [2.75, 3.05) is 45.9 Å². The summed E-state index contributed by atoms with van der Waals surface area (Å²) in [6.07, 6.45) is 6.17. The van der Waals surface area contributed by atoms with Gasteiger partial charge in [-0.25, -0.2) is 0 Å². The van der Waals surface area contributed by atoms with Gasteiger partial charge in [-0.3, -0.25) is 9.89 Å². The molecule has 1 fully saturated rings. The number of hydrogen-bond acceptors (Lipinski definition) is 5. The zero-order valence-corrected chi connectivity index (χ0v) is 19.7. The van der Waals surface area contributed by atoms with Crippen LogP contribution in [0.3, 0.4) is 0 Å². The van der Waals surface area contributed by atoms with Crippen molar-refractivity contribution in [3.63, 3.8) is 0 Å². The van der Waals surface area contributed by atoms with Crippen LogP contribution in [-0.2, 0) is 17.7 Å². The van der Waals surface area contributed by atoms with Crippen molar-refractivity contribution in [3.8, 4) is 0 Å². The van der Waals surface area contributed by atoms with E-state index >= 15 is 0 Å². The highest BCUT2D eigenvalue weighted by molar-refractivity contribution is 5.79. The largest absolute Gasteiger partial charge is 0.382 e. The molecule has 0 amide bonds. The number of aliphatic imine (C=N–C) groups is 1. The Morgan fingerprint density at radius 1 is 1.12 bits per heavy atom. The molecule has 1 saturated heterocycles. The molecular weight excluding hydrogens is 402 g/mol. The van der Waals surface area contributed by atoms with Gasteiger partial charge in [0.25, 0.3) is 0 Å². The summed E-state index contributed by atoms with van der Waals surface area (Å²) in [4.78, 5) is 7.56. The summed E-state index contributed by atoms with van der Waals surface area (Å²) in [5, 5.41) is 15.2. The minimum atomic E-state index is 0.310. The first kappa shape index (κ1) is 24.2. The van der Waals surface area contributed by atoms with Gasteiger partial charge in [0, 0.05) is 39.3 Å². The van der Waals surface area contributed by atoms with Crippen LogP contribution in [0.4, 0.5) is 0 Å². The molecule has 1 aliphatic rings. The maximum Gasteiger partial charge on any atom is 0.191 e. The lowest BCUT2D eigenvalue weighted by Gasteiger charge is -2.27. The van der Waals surface area contributed by atoms with Crippen LogP contribution in [0.5, 0.6) is 0 Å². The molecule has 2 heterocycles. The number of aromatic nitrogens is 3. The fourth-order valence-electron chi connectivity index (χ4n) is 4.07. The van der Waals surface area contributed by atoms with Gasteiger partial charge in [0.1, 0.15) is 12.2 Å². The first-order valence-electron chi connectivity index (χ1n) is 12.1. The number of nitrogens with zero attached hydrogens (tertiary/aromatic N) is 5. The third-order valence-corrected chi connectivity index (χ3v) is 5.81. The molecule has 1 atom stereocenters. The van der Waals surface area contributed by atoms with Gasteiger partial charge < -0.3 is 19.9 Å². The quantitative estimate of drug-likeness (QED) is 0.283. The molecule has 0 spiro atoms. The summed E-state index contributed by atoms with van der Waals surface area (Å²) in [6, 6.07) is 11.1. The van der Waals surface area contributed by atoms with Crippen LogP contribution >= 0.6 is 0 Å². The number of guanidine groups is 1. The van der Waals surface area contributed by atoms with Crippen LogP contribution in [-0.4, -0.2) is 71.6 Å². The Labute approximate surface area is 192 Å². The molecule has 0 aliphatic carbocycles. The summed E-state index contributed by atoms with van der Waals surface area (Å²) in [7, 11) is 0. The van der Waals surface area contributed by atoms with E-state index in [1.807, 2.05) is 6.92 Å². The van der Waals surface area contributed by atoms with E-state index < -0.39 is 0 Å². The molecule has 176 valence electrons. The van der Waals surface area contributed by atoms with E-state index in [9.17, 15) is 0 Å². The molecular formula is C24H39N7O. The van der Waals surface area contributed by atoms with Gasteiger partial charge in [0.15, 0.2) is 5.96 Å². The summed E-state index contributed by atoms with van der Waals surface area (Å²) >= 11 is 0. The van der Waals surface area contributed by atoms with E-state index in [4.69, 9.17) is 9.73 Å². The standard InChI is InChI=1S/C24H39N7O/c1-3-23-29-28-20-31(23)17-14-26-24(25-13-10-18-32-4-2)27-19-22(30-15-8-9-16-30)21-11-6-5-7-12-21/h5-7,11-12,20,22H,3-4,8-10,13-19H2,1-2H3,(H2,25,26,27). The average Bonchev–Trinajstić information content (AvgIpc) is 3.51. The van der Waals surface area contributed by atoms with Crippen molar-refractivity contribution in [3.05, 3.63) is 48.0 Å². The minimum absolute atomic E-state index is 0.310. The summed E-state index contributed by atoms with van der Waals surface area (Å²) in [6.45, 7) is 11.1. The fraction of sp³-hybridized carbons (Fsp3) is 0.625. The molecule has 3 rings (SSSR count). The van der Waals surface area contributed by atoms with Crippen LogP contribution in [0.1, 0.15) is 50.5 Å². The number of likely N-dealkylation sites (tertiary alicyclic amines) is 1. The van der Waals surface area contributed by atoms with Crippen LogP contribution in [0.2, 0.25) is 0 Å². The minimum Gasteiger partial charge on any atom is -0.382 e. The van der Waals surface area contributed by atoms with E-state index in [0.29, 0.717) is 6.04 Å². The van der Waals surface area contributed by atoms with Crippen LogP contribution in [0.25, 0.3) is 0 Å². The SMILES string of the molecule is CCOCCCNC(=NCC(c1ccccc1)N1CCCC1)NCCn1cnnc1CC. The van der Waals surface area contributed by atoms with E-state index in [1.54, 1.807) is 6.33 Å². The molecule has 2 N–H and O–H groups in total. The molecule has 8 heteroatoms. The second-order valence-corrected chi connectivity index (χ2v) is 8.06. The predicted octanol–water partition coefficient (Wildman–Crippen LogP) is 2.64. The van der Waals surface area contributed by atoms with Crippen molar-refractivity contribution >= 4 is 5.96 Å². The summed E-state index contributed by atoms with van der Waals surface area (Å²) in [5.74, 6) is 1.86. The van der Waals surface area contributed by atoms with Gasteiger partial charge in [0.05, 0.1) is 12.6 Å². The Hall–Kier alpha value is -2.45. The van der Waals surface area contributed by atoms with Crippen LogP contribution < -0.4 is 10.6 Å². The molecule has 8 nitrogen and oxygen atoms in total. The zero-order valence-electron chi connectivity index (χ0n) is 19.7. The average molecular weight is 442 g/mol. The fourth-order valence-corrected chi connectivity index (χ4v) is 4.07. The van der Waals surface area contributed by atoms with Gasteiger partial charge in [-0.2, -0.15) is 0 Å². The normalized spacial score (nSPS) is 15.8. The maximum absolute atomic E-state index is 5.47. The molecule has 1 aliphatic heterocycles. The highest BCUT2D eigenvalue weighted by atomic mass is 16.5. The Bertz CT molecular complexity index is 787. The number of rotatable bonds is 13. The molecule has 1 unspecified atom stereocenters. The first-order chi connectivity index (χ1) is 15.8. The highest BCUT2D eigenvalue weighted by Gasteiger charge is 2.23. The topological polar surface area (TPSA) is 79.6 Å². The monoisotopic (exact) mass is 441 g/mol.